The monoisotopic (exact) mass is 500 g/mol. The smallest absolute Gasteiger partial charge is 0.327 e. The highest BCUT2D eigenvalue weighted by Crippen LogP contribution is 2.48. The molecule has 0 amide bonds. The Labute approximate surface area is 214 Å². The standard InChI is InChI=1S/C29H28N2O2S2/c32-27(33)25(31-28-30-24-18-10-11-19-26(24)35-28)20-34-29(21-12-4-1-5-13-21,22-14-6-2-7-15-22)23-16-8-3-9-17-23/h1-9,12-17,25H,10-11,18-20H2,(H,30,31)(H,32,33)/t25-/m0/s1. The summed E-state index contributed by atoms with van der Waals surface area (Å²) in [6.45, 7) is 0. The number of hydrogen-bond donors (Lipinski definition) is 2. The number of hydrogen-bond acceptors (Lipinski definition) is 5. The van der Waals surface area contributed by atoms with Crippen LogP contribution in [0.25, 0.3) is 0 Å². The molecule has 0 saturated heterocycles. The summed E-state index contributed by atoms with van der Waals surface area (Å²) in [4.78, 5) is 18.4. The van der Waals surface area contributed by atoms with Crippen molar-refractivity contribution >= 4 is 34.2 Å². The minimum absolute atomic E-state index is 0.373. The van der Waals surface area contributed by atoms with Crippen LogP contribution in [0.15, 0.2) is 91.0 Å². The molecule has 0 aliphatic heterocycles. The Morgan fingerprint density at radius 1 is 0.886 bits per heavy atom. The van der Waals surface area contributed by atoms with Gasteiger partial charge in [-0.25, -0.2) is 9.78 Å². The fourth-order valence-electron chi connectivity index (χ4n) is 4.71. The van der Waals surface area contributed by atoms with Crippen LogP contribution < -0.4 is 5.32 Å². The summed E-state index contributed by atoms with van der Waals surface area (Å²) < 4.78 is -0.554. The van der Waals surface area contributed by atoms with Crippen LogP contribution in [0.4, 0.5) is 5.13 Å². The first-order chi connectivity index (χ1) is 17.2. The minimum Gasteiger partial charge on any atom is -0.480 e. The van der Waals surface area contributed by atoms with Gasteiger partial charge >= 0.3 is 5.97 Å². The summed E-state index contributed by atoms with van der Waals surface area (Å²) in [6.07, 6.45) is 4.36. The van der Waals surface area contributed by atoms with Crippen LogP contribution in [0.3, 0.4) is 0 Å². The van der Waals surface area contributed by atoms with Gasteiger partial charge in [0.25, 0.3) is 0 Å². The maximum Gasteiger partial charge on any atom is 0.327 e. The Kier molecular flexibility index (Phi) is 7.21. The number of aliphatic carboxylic acids is 1. The van der Waals surface area contributed by atoms with Crippen molar-refractivity contribution < 1.29 is 9.90 Å². The highest BCUT2D eigenvalue weighted by Gasteiger charge is 2.38. The molecule has 2 N–H and O–H groups in total. The zero-order valence-electron chi connectivity index (χ0n) is 19.4. The van der Waals surface area contributed by atoms with Crippen molar-refractivity contribution in [2.75, 3.05) is 11.1 Å². The van der Waals surface area contributed by atoms with Gasteiger partial charge in [0.2, 0.25) is 0 Å². The molecule has 1 atom stereocenters. The number of carboxylic acid groups (broad SMARTS) is 1. The molecule has 0 fully saturated rings. The topological polar surface area (TPSA) is 62.2 Å². The first-order valence-electron chi connectivity index (χ1n) is 12.0. The SMILES string of the molecule is O=C(O)[C@H](CSC(c1ccccc1)(c1ccccc1)c1ccccc1)Nc1nc2c(s1)CCCC2. The van der Waals surface area contributed by atoms with E-state index in [4.69, 9.17) is 4.98 Å². The van der Waals surface area contributed by atoms with Crippen LogP contribution in [0, 0.1) is 0 Å². The van der Waals surface area contributed by atoms with E-state index in [1.54, 1.807) is 23.1 Å². The largest absolute Gasteiger partial charge is 0.480 e. The lowest BCUT2D eigenvalue weighted by Crippen LogP contribution is -2.35. The van der Waals surface area contributed by atoms with Gasteiger partial charge in [0.15, 0.2) is 5.13 Å². The van der Waals surface area contributed by atoms with E-state index >= 15 is 0 Å². The lowest BCUT2D eigenvalue weighted by molar-refractivity contribution is -0.137. The number of thioether (sulfide) groups is 1. The second-order valence-electron chi connectivity index (χ2n) is 8.72. The molecule has 5 rings (SSSR count). The van der Waals surface area contributed by atoms with Crippen LogP contribution in [-0.4, -0.2) is 27.9 Å². The molecule has 0 bridgehead atoms. The fourth-order valence-corrected chi connectivity index (χ4v) is 7.37. The van der Waals surface area contributed by atoms with Crippen molar-refractivity contribution in [2.45, 2.75) is 36.5 Å². The number of nitrogens with one attached hydrogen (secondary N) is 1. The number of benzene rings is 3. The third-order valence-electron chi connectivity index (χ3n) is 6.45. The molecule has 1 heterocycles. The quantitative estimate of drug-likeness (QED) is 0.253. The highest BCUT2D eigenvalue weighted by molar-refractivity contribution is 8.00. The predicted octanol–water partition coefficient (Wildman–Crippen LogP) is 6.61. The third kappa shape index (κ3) is 5.00. The first-order valence-corrected chi connectivity index (χ1v) is 13.8. The molecule has 4 aromatic rings. The van der Waals surface area contributed by atoms with E-state index < -0.39 is 16.8 Å². The van der Waals surface area contributed by atoms with Gasteiger partial charge in [-0.05, 0) is 42.4 Å². The Balaban J connectivity index is 1.51. The van der Waals surface area contributed by atoms with Crippen molar-refractivity contribution in [3.05, 3.63) is 118 Å². The maximum atomic E-state index is 12.4. The Bertz CT molecular complexity index is 1140. The number of carbonyl (C=O) groups is 1. The number of aromatic nitrogens is 1. The van der Waals surface area contributed by atoms with E-state index in [1.807, 2.05) is 54.6 Å². The third-order valence-corrected chi connectivity index (χ3v) is 9.18. The summed E-state index contributed by atoms with van der Waals surface area (Å²) in [5.41, 5.74) is 4.50. The van der Waals surface area contributed by atoms with Crippen LogP contribution in [0.5, 0.6) is 0 Å². The van der Waals surface area contributed by atoms with E-state index in [0.29, 0.717) is 5.75 Å². The Morgan fingerprint density at radius 3 is 1.89 bits per heavy atom. The van der Waals surface area contributed by atoms with Gasteiger partial charge in [-0.1, -0.05) is 91.0 Å². The van der Waals surface area contributed by atoms with E-state index in [-0.39, 0.29) is 0 Å². The van der Waals surface area contributed by atoms with Crippen molar-refractivity contribution in [1.82, 2.24) is 4.98 Å². The van der Waals surface area contributed by atoms with Crippen molar-refractivity contribution in [1.29, 1.82) is 0 Å². The molecule has 0 spiro atoms. The Hall–Kier alpha value is -3.09. The van der Waals surface area contributed by atoms with E-state index in [2.05, 4.69) is 41.7 Å². The zero-order valence-corrected chi connectivity index (χ0v) is 21.0. The van der Waals surface area contributed by atoms with Crippen LogP contribution in [0.2, 0.25) is 0 Å². The van der Waals surface area contributed by atoms with E-state index in [0.717, 1.165) is 46.8 Å². The van der Waals surface area contributed by atoms with Gasteiger partial charge in [-0.2, -0.15) is 0 Å². The summed E-state index contributed by atoms with van der Waals surface area (Å²) in [5, 5.41) is 14.1. The molecule has 35 heavy (non-hydrogen) atoms. The second-order valence-corrected chi connectivity index (χ2v) is 11.0. The summed E-state index contributed by atoms with van der Waals surface area (Å²) in [5.74, 6) is -0.494. The van der Waals surface area contributed by atoms with Crippen molar-refractivity contribution in [3.8, 4) is 0 Å². The number of aryl methyl sites for hydroxylation is 2. The van der Waals surface area contributed by atoms with E-state index in [1.165, 1.54) is 11.3 Å². The number of anilines is 1. The summed E-state index contributed by atoms with van der Waals surface area (Å²) in [7, 11) is 0. The molecule has 1 aliphatic rings. The van der Waals surface area contributed by atoms with Crippen molar-refractivity contribution in [2.24, 2.45) is 0 Å². The highest BCUT2D eigenvalue weighted by atomic mass is 32.2. The molecule has 0 saturated carbocycles. The first kappa shape index (κ1) is 23.6. The summed E-state index contributed by atoms with van der Waals surface area (Å²) in [6, 6.07) is 30.3. The molecule has 4 nitrogen and oxygen atoms in total. The van der Waals surface area contributed by atoms with Gasteiger partial charge in [-0.3, -0.25) is 0 Å². The molecule has 1 aromatic heterocycles. The predicted molar refractivity (Wildman–Crippen MR) is 145 cm³/mol. The zero-order chi connectivity index (χ0) is 24.1. The molecular formula is C29H28N2O2S2. The number of rotatable bonds is 9. The molecular weight excluding hydrogens is 472 g/mol. The molecule has 0 unspecified atom stereocenters. The number of fused-ring (bicyclic) bond motifs is 1. The Morgan fingerprint density at radius 2 is 1.40 bits per heavy atom. The lowest BCUT2D eigenvalue weighted by atomic mass is 9.84. The van der Waals surface area contributed by atoms with Crippen LogP contribution >= 0.6 is 23.1 Å². The molecule has 0 radical (unpaired) electrons. The summed E-state index contributed by atoms with van der Waals surface area (Å²) >= 11 is 3.26. The molecule has 1 aliphatic carbocycles. The average Bonchev–Trinajstić information content (AvgIpc) is 3.33. The fraction of sp³-hybridized carbons (Fsp3) is 0.241. The number of thiazole rings is 1. The number of nitrogens with zero attached hydrogens (tertiary/aromatic N) is 1. The van der Waals surface area contributed by atoms with Gasteiger partial charge in [0.05, 0.1) is 10.4 Å². The van der Waals surface area contributed by atoms with Gasteiger partial charge < -0.3 is 10.4 Å². The second kappa shape index (κ2) is 10.7. The molecule has 6 heteroatoms. The van der Waals surface area contributed by atoms with Gasteiger partial charge in [0, 0.05) is 10.6 Å². The average molecular weight is 501 g/mol. The molecule has 178 valence electrons. The van der Waals surface area contributed by atoms with Crippen LogP contribution in [0.1, 0.15) is 40.1 Å². The number of carboxylic acids is 1. The normalized spacial score (nSPS) is 14.2. The molecule has 3 aromatic carbocycles. The van der Waals surface area contributed by atoms with E-state index in [9.17, 15) is 9.90 Å². The lowest BCUT2D eigenvalue weighted by Gasteiger charge is -2.36. The van der Waals surface area contributed by atoms with Crippen LogP contribution in [-0.2, 0) is 22.4 Å². The van der Waals surface area contributed by atoms with Gasteiger partial charge in [-0.15, -0.1) is 23.1 Å². The minimum atomic E-state index is -0.867. The van der Waals surface area contributed by atoms with Crippen molar-refractivity contribution in [3.63, 3.8) is 0 Å². The van der Waals surface area contributed by atoms with Gasteiger partial charge in [0.1, 0.15) is 6.04 Å². The maximum absolute atomic E-state index is 12.4.